The third-order valence-electron chi connectivity index (χ3n) is 2.00. The Morgan fingerprint density at radius 2 is 1.88 bits per heavy atom. The average Bonchev–Trinajstić information content (AvgIpc) is 2.22. The Bertz CT molecular complexity index is 305. The molecule has 0 amide bonds. The van der Waals surface area contributed by atoms with Crippen LogP contribution in [0.4, 0.5) is 0 Å². The second kappa shape index (κ2) is 7.58. The molecule has 5 heteroatoms. The van der Waals surface area contributed by atoms with Gasteiger partial charge in [-0.15, -0.1) is 0 Å². The second-order valence-corrected chi connectivity index (χ2v) is 6.63. The summed E-state index contributed by atoms with van der Waals surface area (Å²) in [5.74, 6) is -0.446. The van der Waals surface area contributed by atoms with E-state index >= 15 is 0 Å². The molecule has 0 saturated heterocycles. The van der Waals surface area contributed by atoms with Crippen LogP contribution in [0.2, 0.25) is 0 Å². The second-order valence-electron chi connectivity index (χ2n) is 4.72. The molecule has 1 unspecified atom stereocenters. The Labute approximate surface area is 106 Å². The molecular weight excluding hydrogens is 238 g/mol. The number of hydrogen-bond donors (Lipinski definition) is 0. The quantitative estimate of drug-likeness (QED) is 0.545. The number of rotatable bonds is 6. The number of esters is 1. The highest BCUT2D eigenvalue weighted by Gasteiger charge is 2.22. The maximum atomic E-state index is 11.9. The number of hydrogen-bond acceptors (Lipinski definition) is 3. The topological polar surface area (TPSA) is 55.7 Å². The predicted octanol–water partition coefficient (Wildman–Crippen LogP) is 2.64. The lowest BCUT2D eigenvalue weighted by Crippen LogP contribution is -2.24. The molecule has 0 aliphatic rings. The van der Waals surface area contributed by atoms with Crippen LogP contribution in [0.5, 0.6) is 0 Å². The van der Waals surface area contributed by atoms with Gasteiger partial charge in [0.1, 0.15) is 16.7 Å². The van der Waals surface area contributed by atoms with Gasteiger partial charge in [0.15, 0.2) is 0 Å². The molecule has 0 aliphatic carbocycles. The van der Waals surface area contributed by atoms with Crippen molar-refractivity contribution in [3.63, 3.8) is 0 Å². The zero-order valence-electron chi connectivity index (χ0n) is 11.4. The fraction of sp³-hybridized carbons (Fsp3) is 0.833. The zero-order chi connectivity index (χ0) is 13.5. The Morgan fingerprint density at radius 3 is 2.29 bits per heavy atom. The van der Waals surface area contributed by atoms with Crippen molar-refractivity contribution in [2.45, 2.75) is 58.6 Å². The fourth-order valence-electron chi connectivity index (χ4n) is 0.981. The zero-order valence-corrected chi connectivity index (χ0v) is 12.2. The molecule has 0 radical (unpaired) electrons. The summed E-state index contributed by atoms with van der Waals surface area (Å²) in [6, 6.07) is 0. The maximum Gasteiger partial charge on any atom is 0.353 e. The van der Waals surface area contributed by atoms with Crippen LogP contribution >= 0.6 is 0 Å². The number of carbonyl (C=O) groups is 1. The number of unbranched alkanes of at least 4 members (excludes halogenated alkanes) is 1. The standard InChI is InChI=1S/C12H23NO3S/c1-6-8-9-10(11(14)16-7-2)13-17(15)12(3,4)5/h6-9H2,1-5H3. The average molecular weight is 261 g/mol. The van der Waals surface area contributed by atoms with E-state index in [0.29, 0.717) is 18.7 Å². The molecule has 0 fully saturated rings. The summed E-state index contributed by atoms with van der Waals surface area (Å²) in [5, 5.41) is 0. The van der Waals surface area contributed by atoms with Gasteiger partial charge in [-0.2, -0.15) is 4.40 Å². The van der Waals surface area contributed by atoms with Gasteiger partial charge in [0.2, 0.25) is 0 Å². The third-order valence-corrected chi connectivity index (χ3v) is 3.43. The largest absolute Gasteiger partial charge is 0.461 e. The van der Waals surface area contributed by atoms with Crippen molar-refractivity contribution < 1.29 is 13.7 Å². The fourth-order valence-corrected chi connectivity index (χ4v) is 1.62. The van der Waals surface area contributed by atoms with E-state index in [1.165, 1.54) is 0 Å². The summed E-state index contributed by atoms with van der Waals surface area (Å²) in [6.07, 6.45) is 2.33. The Hall–Kier alpha value is -0.710. The molecule has 0 aliphatic heterocycles. The highest BCUT2D eigenvalue weighted by molar-refractivity contribution is 7.85. The van der Waals surface area contributed by atoms with Crippen LogP contribution < -0.4 is 0 Å². The minimum absolute atomic E-state index is 0.293. The van der Waals surface area contributed by atoms with Gasteiger partial charge in [0, 0.05) is 0 Å². The van der Waals surface area contributed by atoms with E-state index in [1.807, 2.05) is 27.7 Å². The number of carbonyl (C=O) groups excluding carboxylic acids is 1. The minimum Gasteiger partial charge on any atom is -0.461 e. The number of nitrogens with zero attached hydrogens (tertiary/aromatic N) is 1. The predicted molar refractivity (Wildman–Crippen MR) is 71.5 cm³/mol. The van der Waals surface area contributed by atoms with Crippen LogP contribution in [-0.2, 0) is 20.5 Å². The highest BCUT2D eigenvalue weighted by atomic mass is 32.2. The van der Waals surface area contributed by atoms with Crippen molar-refractivity contribution in [3.05, 3.63) is 0 Å². The van der Waals surface area contributed by atoms with Crippen LogP contribution in [0.25, 0.3) is 0 Å². The Balaban J connectivity index is 4.84. The summed E-state index contributed by atoms with van der Waals surface area (Å²) < 4.78 is 20.3. The van der Waals surface area contributed by atoms with Crippen molar-refractivity contribution in [2.75, 3.05) is 6.61 Å². The number of ether oxygens (including phenoxy) is 1. The van der Waals surface area contributed by atoms with Crippen molar-refractivity contribution in [2.24, 2.45) is 4.40 Å². The van der Waals surface area contributed by atoms with Gasteiger partial charge < -0.3 is 4.74 Å². The molecule has 0 rings (SSSR count). The van der Waals surface area contributed by atoms with E-state index in [4.69, 9.17) is 4.74 Å². The van der Waals surface area contributed by atoms with E-state index in [1.54, 1.807) is 6.92 Å². The molecular formula is C12H23NO3S. The molecule has 0 spiro atoms. The molecule has 0 N–H and O–H groups in total. The highest BCUT2D eigenvalue weighted by Crippen LogP contribution is 2.14. The molecule has 0 saturated carbocycles. The van der Waals surface area contributed by atoms with E-state index < -0.39 is 21.7 Å². The molecule has 100 valence electrons. The first-order chi connectivity index (χ1) is 7.82. The van der Waals surface area contributed by atoms with Crippen molar-refractivity contribution >= 4 is 22.7 Å². The van der Waals surface area contributed by atoms with E-state index in [-0.39, 0.29) is 0 Å². The summed E-state index contributed by atoms with van der Waals surface area (Å²) in [4.78, 5) is 11.6. The van der Waals surface area contributed by atoms with Gasteiger partial charge in [-0.05, 0) is 40.5 Å². The van der Waals surface area contributed by atoms with E-state index in [0.717, 1.165) is 12.8 Å². The lowest BCUT2D eigenvalue weighted by molar-refractivity contribution is -0.135. The first-order valence-corrected chi connectivity index (χ1v) is 7.10. The van der Waals surface area contributed by atoms with Crippen molar-refractivity contribution in [1.29, 1.82) is 0 Å². The van der Waals surface area contributed by atoms with Gasteiger partial charge in [0.25, 0.3) is 0 Å². The molecule has 0 bridgehead atoms. The van der Waals surface area contributed by atoms with Crippen LogP contribution in [0.15, 0.2) is 4.40 Å². The molecule has 0 aromatic carbocycles. The molecule has 17 heavy (non-hydrogen) atoms. The summed E-state index contributed by atoms with van der Waals surface area (Å²) in [6.45, 7) is 9.57. The summed E-state index contributed by atoms with van der Waals surface area (Å²) >= 11 is 0. The maximum absolute atomic E-state index is 11.9. The van der Waals surface area contributed by atoms with Gasteiger partial charge in [-0.3, -0.25) is 0 Å². The van der Waals surface area contributed by atoms with Crippen LogP contribution in [0.3, 0.4) is 0 Å². The lowest BCUT2D eigenvalue weighted by Gasteiger charge is -2.14. The SMILES string of the molecule is CCCCC(=NS(=O)C(C)(C)C)C(=O)OCC. The molecule has 0 heterocycles. The van der Waals surface area contributed by atoms with Crippen LogP contribution in [0, 0.1) is 0 Å². The molecule has 4 nitrogen and oxygen atoms in total. The first kappa shape index (κ1) is 16.3. The van der Waals surface area contributed by atoms with Gasteiger partial charge >= 0.3 is 5.97 Å². The van der Waals surface area contributed by atoms with Gasteiger partial charge in [-0.25, -0.2) is 9.00 Å². The summed E-state index contributed by atoms with van der Waals surface area (Å²) in [7, 11) is -1.41. The normalized spacial score (nSPS) is 14.5. The van der Waals surface area contributed by atoms with E-state index in [2.05, 4.69) is 4.40 Å². The minimum atomic E-state index is -1.41. The Morgan fingerprint density at radius 1 is 1.29 bits per heavy atom. The Kier molecular flexibility index (Phi) is 7.27. The summed E-state index contributed by atoms with van der Waals surface area (Å²) in [5.41, 5.74) is 0.293. The van der Waals surface area contributed by atoms with Crippen molar-refractivity contribution in [1.82, 2.24) is 0 Å². The smallest absolute Gasteiger partial charge is 0.353 e. The van der Waals surface area contributed by atoms with Gasteiger partial charge in [0.05, 0.1) is 11.4 Å². The third kappa shape index (κ3) is 6.56. The molecule has 1 atom stereocenters. The molecule has 0 aromatic heterocycles. The molecule has 0 aromatic rings. The first-order valence-electron chi connectivity index (χ1n) is 5.99. The monoisotopic (exact) mass is 261 g/mol. The van der Waals surface area contributed by atoms with Crippen LogP contribution in [-0.4, -0.2) is 27.2 Å². The van der Waals surface area contributed by atoms with Crippen LogP contribution in [0.1, 0.15) is 53.9 Å². The van der Waals surface area contributed by atoms with Crippen molar-refractivity contribution in [3.8, 4) is 0 Å². The van der Waals surface area contributed by atoms with Gasteiger partial charge in [-0.1, -0.05) is 13.3 Å². The van der Waals surface area contributed by atoms with E-state index in [9.17, 15) is 9.00 Å². The lowest BCUT2D eigenvalue weighted by atomic mass is 10.2.